The van der Waals surface area contributed by atoms with Crippen molar-refractivity contribution in [2.45, 2.75) is 39.7 Å². The molecule has 1 aromatic heterocycles. The van der Waals surface area contributed by atoms with Crippen molar-refractivity contribution >= 4 is 5.91 Å². The maximum Gasteiger partial charge on any atom is 0.227 e. The summed E-state index contributed by atoms with van der Waals surface area (Å²) in [6.07, 6.45) is 3.35. The number of nitrogens with two attached hydrogens (primary N) is 1. The first-order valence-corrected chi connectivity index (χ1v) is 5.99. The highest BCUT2D eigenvalue weighted by atomic mass is 16.3. The molecule has 1 unspecified atom stereocenters. The highest BCUT2D eigenvalue weighted by molar-refractivity contribution is 5.82. The Labute approximate surface area is 103 Å². The number of furan rings is 1. The Hall–Kier alpha value is -1.29. The van der Waals surface area contributed by atoms with Gasteiger partial charge in [0.15, 0.2) is 0 Å². The molecule has 0 fully saturated rings. The Bertz CT molecular complexity index is 344. The summed E-state index contributed by atoms with van der Waals surface area (Å²) in [5, 5.41) is 2.97. The van der Waals surface area contributed by atoms with Gasteiger partial charge in [-0.2, -0.15) is 0 Å². The molecule has 17 heavy (non-hydrogen) atoms. The monoisotopic (exact) mass is 238 g/mol. The van der Waals surface area contributed by atoms with Crippen molar-refractivity contribution in [3.8, 4) is 0 Å². The molecule has 0 aliphatic carbocycles. The molecule has 1 rings (SSSR count). The lowest BCUT2D eigenvalue weighted by Crippen LogP contribution is -2.45. The van der Waals surface area contributed by atoms with Crippen LogP contribution in [0.2, 0.25) is 0 Å². The Kier molecular flexibility index (Phi) is 4.75. The maximum atomic E-state index is 11.9. The third kappa shape index (κ3) is 4.23. The lowest BCUT2D eigenvalue weighted by atomic mass is 9.92. The van der Waals surface area contributed by atoms with Crippen molar-refractivity contribution in [3.05, 3.63) is 24.2 Å². The number of hydrogen-bond acceptors (Lipinski definition) is 3. The smallest absolute Gasteiger partial charge is 0.227 e. The first kappa shape index (κ1) is 13.8. The van der Waals surface area contributed by atoms with Gasteiger partial charge in [-0.25, -0.2) is 0 Å². The standard InChI is InChI=1S/C13H22N2O2/c1-10(6-7-11-5-4-8-17-11)15-12(16)13(2,3)9-14/h4-5,8,10H,6-7,9,14H2,1-3H3,(H,15,16). The molecule has 0 bridgehead atoms. The van der Waals surface area contributed by atoms with Gasteiger partial charge in [0.25, 0.3) is 0 Å². The van der Waals surface area contributed by atoms with Gasteiger partial charge in [-0.05, 0) is 39.3 Å². The van der Waals surface area contributed by atoms with E-state index in [1.165, 1.54) is 0 Å². The number of nitrogens with one attached hydrogen (secondary N) is 1. The second kappa shape index (κ2) is 5.87. The molecule has 0 aliphatic rings. The van der Waals surface area contributed by atoms with E-state index in [9.17, 15) is 4.79 Å². The molecule has 1 atom stereocenters. The largest absolute Gasteiger partial charge is 0.469 e. The van der Waals surface area contributed by atoms with Crippen LogP contribution in [-0.2, 0) is 11.2 Å². The fourth-order valence-electron chi connectivity index (χ4n) is 1.40. The number of rotatable bonds is 6. The van der Waals surface area contributed by atoms with Gasteiger partial charge >= 0.3 is 0 Å². The topological polar surface area (TPSA) is 68.3 Å². The minimum Gasteiger partial charge on any atom is -0.469 e. The molecule has 1 aromatic rings. The third-order valence-corrected chi connectivity index (χ3v) is 2.91. The summed E-state index contributed by atoms with van der Waals surface area (Å²) < 4.78 is 5.24. The third-order valence-electron chi connectivity index (χ3n) is 2.91. The average Bonchev–Trinajstić information content (AvgIpc) is 2.79. The van der Waals surface area contributed by atoms with Crippen LogP contribution in [0.3, 0.4) is 0 Å². The van der Waals surface area contributed by atoms with E-state index in [-0.39, 0.29) is 11.9 Å². The highest BCUT2D eigenvalue weighted by Gasteiger charge is 2.26. The highest BCUT2D eigenvalue weighted by Crippen LogP contribution is 2.13. The Morgan fingerprint density at radius 2 is 2.29 bits per heavy atom. The van der Waals surface area contributed by atoms with Crippen LogP contribution in [0, 0.1) is 5.41 Å². The summed E-state index contributed by atoms with van der Waals surface area (Å²) in [7, 11) is 0. The molecule has 0 saturated heterocycles. The number of carbonyl (C=O) groups excluding carboxylic acids is 1. The molecule has 0 aromatic carbocycles. The van der Waals surface area contributed by atoms with Crippen molar-refractivity contribution in [1.82, 2.24) is 5.32 Å². The lowest BCUT2D eigenvalue weighted by molar-refractivity contribution is -0.129. The summed E-state index contributed by atoms with van der Waals surface area (Å²) >= 11 is 0. The van der Waals surface area contributed by atoms with E-state index in [4.69, 9.17) is 10.2 Å². The molecule has 96 valence electrons. The number of amides is 1. The predicted molar refractivity (Wildman–Crippen MR) is 67.5 cm³/mol. The van der Waals surface area contributed by atoms with Crippen molar-refractivity contribution in [2.75, 3.05) is 6.54 Å². The van der Waals surface area contributed by atoms with E-state index in [2.05, 4.69) is 5.32 Å². The van der Waals surface area contributed by atoms with Crippen LogP contribution in [0.4, 0.5) is 0 Å². The van der Waals surface area contributed by atoms with E-state index in [0.717, 1.165) is 18.6 Å². The van der Waals surface area contributed by atoms with Gasteiger partial charge in [0.2, 0.25) is 5.91 Å². The van der Waals surface area contributed by atoms with Crippen molar-refractivity contribution in [1.29, 1.82) is 0 Å². The van der Waals surface area contributed by atoms with Gasteiger partial charge < -0.3 is 15.5 Å². The summed E-state index contributed by atoms with van der Waals surface area (Å²) in [4.78, 5) is 11.9. The first-order chi connectivity index (χ1) is 7.95. The zero-order valence-electron chi connectivity index (χ0n) is 10.8. The Morgan fingerprint density at radius 3 is 2.82 bits per heavy atom. The minimum atomic E-state index is -0.501. The van der Waals surface area contributed by atoms with E-state index in [1.807, 2.05) is 32.9 Å². The zero-order valence-corrected chi connectivity index (χ0v) is 10.8. The second-order valence-corrected chi connectivity index (χ2v) is 5.08. The van der Waals surface area contributed by atoms with Crippen LogP contribution in [0.25, 0.3) is 0 Å². The molecular weight excluding hydrogens is 216 g/mol. The Morgan fingerprint density at radius 1 is 1.59 bits per heavy atom. The van der Waals surface area contributed by atoms with Crippen LogP contribution < -0.4 is 11.1 Å². The Balaban J connectivity index is 2.34. The quantitative estimate of drug-likeness (QED) is 0.792. The van der Waals surface area contributed by atoms with Crippen LogP contribution in [0.5, 0.6) is 0 Å². The lowest BCUT2D eigenvalue weighted by Gasteiger charge is -2.24. The van der Waals surface area contributed by atoms with E-state index >= 15 is 0 Å². The molecule has 4 nitrogen and oxygen atoms in total. The maximum absolute atomic E-state index is 11.9. The zero-order chi connectivity index (χ0) is 12.9. The van der Waals surface area contributed by atoms with Gasteiger partial charge in [-0.15, -0.1) is 0 Å². The normalized spacial score (nSPS) is 13.4. The molecule has 3 N–H and O–H groups in total. The van der Waals surface area contributed by atoms with Crippen LogP contribution in [-0.4, -0.2) is 18.5 Å². The van der Waals surface area contributed by atoms with E-state index in [0.29, 0.717) is 6.54 Å². The molecule has 0 radical (unpaired) electrons. The molecule has 1 amide bonds. The average molecular weight is 238 g/mol. The van der Waals surface area contributed by atoms with Crippen LogP contribution >= 0.6 is 0 Å². The molecule has 0 saturated carbocycles. The van der Waals surface area contributed by atoms with Crippen LogP contribution in [0.1, 0.15) is 33.0 Å². The molecule has 1 heterocycles. The molecule has 4 heteroatoms. The van der Waals surface area contributed by atoms with E-state index < -0.39 is 5.41 Å². The SMILES string of the molecule is CC(CCc1ccco1)NC(=O)C(C)(C)CN. The first-order valence-electron chi connectivity index (χ1n) is 5.99. The van der Waals surface area contributed by atoms with Gasteiger partial charge in [0.05, 0.1) is 11.7 Å². The van der Waals surface area contributed by atoms with Crippen LogP contribution in [0.15, 0.2) is 22.8 Å². The number of carbonyl (C=O) groups is 1. The predicted octanol–water partition coefficient (Wildman–Crippen LogP) is 1.70. The fraction of sp³-hybridized carbons (Fsp3) is 0.615. The summed E-state index contributed by atoms with van der Waals surface area (Å²) in [6, 6.07) is 3.94. The summed E-state index contributed by atoms with van der Waals surface area (Å²) in [5.41, 5.74) is 5.06. The van der Waals surface area contributed by atoms with Gasteiger partial charge in [-0.3, -0.25) is 4.79 Å². The van der Waals surface area contributed by atoms with E-state index in [1.54, 1.807) is 6.26 Å². The number of hydrogen-bond donors (Lipinski definition) is 2. The van der Waals surface area contributed by atoms with Crippen molar-refractivity contribution in [2.24, 2.45) is 11.1 Å². The van der Waals surface area contributed by atoms with Crippen molar-refractivity contribution < 1.29 is 9.21 Å². The van der Waals surface area contributed by atoms with Crippen molar-refractivity contribution in [3.63, 3.8) is 0 Å². The van der Waals surface area contributed by atoms with Gasteiger partial charge in [-0.1, -0.05) is 0 Å². The van der Waals surface area contributed by atoms with Gasteiger partial charge in [0.1, 0.15) is 5.76 Å². The molecule has 0 aliphatic heterocycles. The molecule has 0 spiro atoms. The fourth-order valence-corrected chi connectivity index (χ4v) is 1.40. The van der Waals surface area contributed by atoms with Gasteiger partial charge in [0, 0.05) is 19.0 Å². The minimum absolute atomic E-state index is 0.00643. The number of aryl methyl sites for hydroxylation is 1. The molecular formula is C13H22N2O2. The summed E-state index contributed by atoms with van der Waals surface area (Å²) in [5.74, 6) is 0.955. The second-order valence-electron chi connectivity index (χ2n) is 5.08. The summed E-state index contributed by atoms with van der Waals surface area (Å²) in [6.45, 7) is 6.04.